The monoisotopic (exact) mass is 466 g/mol. The molecule has 0 saturated heterocycles. The molecule has 1 N–H and O–H groups in total. The minimum Gasteiger partial charge on any atom is -0.493 e. The Morgan fingerprint density at radius 1 is 1.24 bits per heavy atom. The molecule has 0 fully saturated rings. The van der Waals surface area contributed by atoms with Crippen molar-refractivity contribution in [2.75, 3.05) is 6.61 Å². The maximum absolute atomic E-state index is 9.43. The molecule has 3 unspecified atom stereocenters. The summed E-state index contributed by atoms with van der Waals surface area (Å²) in [5.41, 5.74) is 4.32. The molecule has 0 heterocycles. The molecule has 3 heteroatoms. The van der Waals surface area contributed by atoms with E-state index in [1.807, 2.05) is 6.92 Å². The fraction of sp³-hybridized carbons (Fsp3) is 0.692. The van der Waals surface area contributed by atoms with Crippen LogP contribution in [0.2, 0.25) is 0 Å². The van der Waals surface area contributed by atoms with Crippen molar-refractivity contribution < 1.29 is 9.84 Å². The second-order valence-corrected chi connectivity index (χ2v) is 9.60. The van der Waals surface area contributed by atoms with E-state index in [-0.39, 0.29) is 6.10 Å². The summed E-state index contributed by atoms with van der Waals surface area (Å²) in [5.74, 6) is 2.70. The molecule has 1 rings (SSSR count). The van der Waals surface area contributed by atoms with Gasteiger partial charge in [-0.1, -0.05) is 57.8 Å². The second kappa shape index (κ2) is 13.5. The number of rotatable bonds is 11. The zero-order chi connectivity index (χ0) is 22.0. The first-order chi connectivity index (χ1) is 13.7. The van der Waals surface area contributed by atoms with Crippen molar-refractivity contribution >= 4 is 15.9 Å². The molecular weight excluding hydrogens is 424 g/mol. The number of ether oxygens (including phenoxy) is 1. The Hall–Kier alpha value is -0.800. The van der Waals surface area contributed by atoms with Gasteiger partial charge < -0.3 is 9.84 Å². The highest BCUT2D eigenvalue weighted by Crippen LogP contribution is 2.34. The van der Waals surface area contributed by atoms with Gasteiger partial charge in [0.2, 0.25) is 0 Å². The van der Waals surface area contributed by atoms with Crippen LogP contribution >= 0.6 is 15.9 Å². The van der Waals surface area contributed by atoms with Gasteiger partial charge in [-0.05, 0) is 91.9 Å². The molecule has 166 valence electrons. The number of aliphatic hydroxyl groups excluding tert-OH is 1. The van der Waals surface area contributed by atoms with Crippen LogP contribution in [0.4, 0.5) is 0 Å². The lowest BCUT2D eigenvalue weighted by atomic mass is 9.83. The summed E-state index contributed by atoms with van der Waals surface area (Å²) in [5, 5.41) is 9.43. The first-order valence-electron chi connectivity index (χ1n) is 11.5. The lowest BCUT2D eigenvalue weighted by molar-refractivity contribution is 0.155. The maximum Gasteiger partial charge on any atom is 0.129 e. The van der Waals surface area contributed by atoms with Crippen molar-refractivity contribution in [3.8, 4) is 0 Å². The zero-order valence-corrected chi connectivity index (χ0v) is 21.3. The van der Waals surface area contributed by atoms with Gasteiger partial charge in [0.05, 0.1) is 17.2 Å². The number of halogens is 1. The van der Waals surface area contributed by atoms with E-state index >= 15 is 0 Å². The van der Waals surface area contributed by atoms with Crippen molar-refractivity contribution in [1.82, 2.24) is 0 Å². The first-order valence-corrected chi connectivity index (χ1v) is 12.3. The lowest BCUT2D eigenvalue weighted by Crippen LogP contribution is -2.11. The Labute approximate surface area is 188 Å². The van der Waals surface area contributed by atoms with Crippen LogP contribution in [0.15, 0.2) is 45.2 Å². The third-order valence-corrected chi connectivity index (χ3v) is 6.97. The summed E-state index contributed by atoms with van der Waals surface area (Å²) in [7, 11) is 0. The highest BCUT2D eigenvalue weighted by molar-refractivity contribution is 9.12. The minimum absolute atomic E-state index is 0.265. The molecule has 0 amide bonds. The summed E-state index contributed by atoms with van der Waals surface area (Å²) < 4.78 is 7.05. The standard InChI is InChI=1S/C26H43BrO2/c1-8-23(9-2)20(5)16-19(4)22(7)24-17-25(27)26(14-10-12-18(24)3)29-15-11-13-21(6)28/h14,16-17,20-23,28H,8-13,15H2,1-7H3. The average Bonchev–Trinajstić information content (AvgIpc) is 2.66. The summed E-state index contributed by atoms with van der Waals surface area (Å²) >= 11 is 3.77. The van der Waals surface area contributed by atoms with Gasteiger partial charge >= 0.3 is 0 Å². The van der Waals surface area contributed by atoms with E-state index in [2.05, 4.69) is 75.7 Å². The summed E-state index contributed by atoms with van der Waals surface area (Å²) in [6, 6.07) is 0. The number of hydrogen-bond acceptors (Lipinski definition) is 2. The third kappa shape index (κ3) is 8.84. The molecule has 0 saturated carbocycles. The van der Waals surface area contributed by atoms with Gasteiger partial charge in [-0.3, -0.25) is 0 Å². The fourth-order valence-electron chi connectivity index (χ4n) is 4.15. The molecule has 2 nitrogen and oxygen atoms in total. The normalized spacial score (nSPS) is 19.3. The molecule has 3 atom stereocenters. The molecule has 0 aliphatic heterocycles. The van der Waals surface area contributed by atoms with Gasteiger partial charge in [0.25, 0.3) is 0 Å². The van der Waals surface area contributed by atoms with Gasteiger partial charge in [-0.25, -0.2) is 0 Å². The predicted molar refractivity (Wildman–Crippen MR) is 130 cm³/mol. The Kier molecular flexibility index (Phi) is 12.2. The molecule has 1 aliphatic carbocycles. The molecule has 0 bridgehead atoms. The maximum atomic E-state index is 9.43. The Morgan fingerprint density at radius 2 is 1.90 bits per heavy atom. The van der Waals surface area contributed by atoms with Gasteiger partial charge in [-0.15, -0.1) is 0 Å². The SMILES string of the molecule is CCC(CC)C(C)C=C(C)C(C)C1=C(C)CCC=C(OCCCC(C)O)C(Br)=C1. The fourth-order valence-corrected chi connectivity index (χ4v) is 4.67. The molecule has 1 aliphatic rings. The molecule has 29 heavy (non-hydrogen) atoms. The lowest BCUT2D eigenvalue weighted by Gasteiger charge is -2.24. The van der Waals surface area contributed by atoms with Crippen LogP contribution in [0.3, 0.4) is 0 Å². The van der Waals surface area contributed by atoms with E-state index in [0.29, 0.717) is 18.4 Å². The van der Waals surface area contributed by atoms with E-state index in [9.17, 15) is 5.11 Å². The van der Waals surface area contributed by atoms with Crippen LogP contribution in [-0.4, -0.2) is 17.8 Å². The molecule has 0 radical (unpaired) electrons. The Bertz CT molecular complexity index is 621. The average molecular weight is 468 g/mol. The van der Waals surface area contributed by atoms with Gasteiger partial charge in [0.1, 0.15) is 5.76 Å². The Balaban J connectivity index is 2.96. The van der Waals surface area contributed by atoms with E-state index in [1.165, 1.54) is 29.6 Å². The molecule has 0 aromatic rings. The third-order valence-electron chi connectivity index (χ3n) is 6.35. The van der Waals surface area contributed by atoms with E-state index < -0.39 is 0 Å². The summed E-state index contributed by atoms with van der Waals surface area (Å²) in [6.45, 7) is 16.3. The highest BCUT2D eigenvalue weighted by Gasteiger charge is 2.18. The van der Waals surface area contributed by atoms with Crippen LogP contribution < -0.4 is 0 Å². The van der Waals surface area contributed by atoms with Crippen molar-refractivity contribution in [3.63, 3.8) is 0 Å². The largest absolute Gasteiger partial charge is 0.493 e. The van der Waals surface area contributed by atoms with Gasteiger partial charge in [-0.2, -0.15) is 0 Å². The number of hydrogen-bond donors (Lipinski definition) is 1. The van der Waals surface area contributed by atoms with E-state index in [0.717, 1.165) is 41.8 Å². The smallest absolute Gasteiger partial charge is 0.129 e. The van der Waals surface area contributed by atoms with Gasteiger partial charge in [0.15, 0.2) is 0 Å². The van der Waals surface area contributed by atoms with Crippen LogP contribution in [0.25, 0.3) is 0 Å². The summed E-state index contributed by atoms with van der Waals surface area (Å²) in [4.78, 5) is 0. The van der Waals surface area contributed by atoms with E-state index in [4.69, 9.17) is 4.74 Å². The zero-order valence-electron chi connectivity index (χ0n) is 19.7. The Morgan fingerprint density at radius 3 is 2.48 bits per heavy atom. The van der Waals surface area contributed by atoms with Gasteiger partial charge in [0, 0.05) is 5.92 Å². The van der Waals surface area contributed by atoms with Crippen LogP contribution in [0.1, 0.15) is 87.0 Å². The minimum atomic E-state index is -0.265. The molecule has 0 spiro atoms. The predicted octanol–water partition coefficient (Wildman–Crippen LogP) is 8.09. The van der Waals surface area contributed by atoms with Crippen molar-refractivity contribution in [2.24, 2.45) is 17.8 Å². The quantitative estimate of drug-likeness (QED) is 0.246. The van der Waals surface area contributed by atoms with E-state index in [1.54, 1.807) is 0 Å². The number of allylic oxidation sites excluding steroid dienone is 7. The van der Waals surface area contributed by atoms with Crippen LogP contribution in [-0.2, 0) is 4.74 Å². The molecular formula is C26H43BrO2. The topological polar surface area (TPSA) is 29.5 Å². The van der Waals surface area contributed by atoms with Crippen LogP contribution in [0.5, 0.6) is 0 Å². The molecule has 0 aromatic heterocycles. The number of aliphatic hydroxyl groups is 1. The summed E-state index contributed by atoms with van der Waals surface area (Å²) in [6.07, 6.45) is 12.8. The highest BCUT2D eigenvalue weighted by atomic mass is 79.9. The first kappa shape index (κ1) is 26.2. The van der Waals surface area contributed by atoms with Crippen molar-refractivity contribution in [1.29, 1.82) is 0 Å². The van der Waals surface area contributed by atoms with Crippen molar-refractivity contribution in [3.05, 3.63) is 45.2 Å². The molecule has 0 aromatic carbocycles. The second-order valence-electron chi connectivity index (χ2n) is 8.74. The van der Waals surface area contributed by atoms with Crippen molar-refractivity contribution in [2.45, 2.75) is 93.1 Å². The van der Waals surface area contributed by atoms with Crippen LogP contribution in [0, 0.1) is 17.8 Å².